The van der Waals surface area contributed by atoms with Crippen LogP contribution in [0.5, 0.6) is 0 Å². The van der Waals surface area contributed by atoms with Gasteiger partial charge in [-0.3, -0.25) is 0 Å². The summed E-state index contributed by atoms with van der Waals surface area (Å²) in [6.07, 6.45) is 3.14. The second-order valence-corrected chi connectivity index (χ2v) is 2.59. The van der Waals surface area contributed by atoms with Crippen molar-refractivity contribution in [2.45, 2.75) is 18.9 Å². The minimum absolute atomic E-state index is 0.0988. The van der Waals surface area contributed by atoms with Crippen molar-refractivity contribution < 1.29 is 9.53 Å². The van der Waals surface area contributed by atoms with Crippen LogP contribution in [0.15, 0.2) is 12.7 Å². The summed E-state index contributed by atoms with van der Waals surface area (Å²) < 4.78 is 5.04. The highest BCUT2D eigenvalue weighted by Gasteiger charge is 2.15. The third kappa shape index (κ3) is 2.72. The lowest BCUT2D eigenvalue weighted by Gasteiger charge is -2.21. The lowest BCUT2D eigenvalue weighted by atomic mass is 10.1. The summed E-state index contributed by atoms with van der Waals surface area (Å²) >= 11 is 0. The van der Waals surface area contributed by atoms with E-state index in [4.69, 9.17) is 4.74 Å². The number of ether oxygens (including phenoxy) is 1. The molecule has 0 amide bonds. The van der Waals surface area contributed by atoms with E-state index in [0.717, 1.165) is 25.9 Å². The molecule has 0 unspecified atom stereocenters. The van der Waals surface area contributed by atoms with Gasteiger partial charge in [0.1, 0.15) is 6.10 Å². The summed E-state index contributed by atoms with van der Waals surface area (Å²) in [4.78, 5) is 10.7. The number of hydrogen-bond donors (Lipinski definition) is 1. The van der Waals surface area contributed by atoms with E-state index < -0.39 is 0 Å². The van der Waals surface area contributed by atoms with Crippen molar-refractivity contribution >= 4 is 5.97 Å². The van der Waals surface area contributed by atoms with E-state index in [1.165, 1.54) is 6.08 Å². The summed E-state index contributed by atoms with van der Waals surface area (Å²) in [6.45, 7) is 5.22. The highest BCUT2D eigenvalue weighted by molar-refractivity contribution is 5.81. The maximum Gasteiger partial charge on any atom is 0.330 e. The molecule has 1 aliphatic rings. The second kappa shape index (κ2) is 4.13. The van der Waals surface area contributed by atoms with Gasteiger partial charge in [-0.2, -0.15) is 0 Å². The minimum atomic E-state index is -0.308. The lowest BCUT2D eigenvalue weighted by molar-refractivity contribution is -0.144. The van der Waals surface area contributed by atoms with E-state index in [0.29, 0.717) is 0 Å². The lowest BCUT2D eigenvalue weighted by Crippen LogP contribution is -2.33. The molecule has 0 saturated carbocycles. The van der Waals surface area contributed by atoms with Crippen molar-refractivity contribution in [3.8, 4) is 0 Å². The first kappa shape index (κ1) is 8.27. The third-order valence-corrected chi connectivity index (χ3v) is 1.74. The molecule has 1 saturated heterocycles. The highest BCUT2D eigenvalue weighted by Crippen LogP contribution is 2.06. The second-order valence-electron chi connectivity index (χ2n) is 2.59. The summed E-state index contributed by atoms with van der Waals surface area (Å²) in [6, 6.07) is 0. The number of piperidine rings is 1. The van der Waals surface area contributed by atoms with Gasteiger partial charge in [0.05, 0.1) is 0 Å². The Morgan fingerprint density at radius 1 is 1.55 bits per heavy atom. The summed E-state index contributed by atoms with van der Waals surface area (Å²) in [5.41, 5.74) is 0. The number of hydrogen-bond acceptors (Lipinski definition) is 3. The Kier molecular flexibility index (Phi) is 3.11. The first-order valence-corrected chi connectivity index (χ1v) is 3.86. The molecule has 0 aromatic heterocycles. The molecule has 62 valence electrons. The zero-order valence-corrected chi connectivity index (χ0v) is 6.51. The maximum atomic E-state index is 10.7. The SMILES string of the molecule is C=CC(=O)OC1CCNCC1. The molecule has 0 bridgehead atoms. The van der Waals surface area contributed by atoms with Gasteiger partial charge in [-0.15, -0.1) is 0 Å². The molecular weight excluding hydrogens is 142 g/mol. The predicted octanol–water partition coefficient (Wildman–Crippen LogP) is 0.468. The minimum Gasteiger partial charge on any atom is -0.459 e. The molecule has 0 radical (unpaired) electrons. The van der Waals surface area contributed by atoms with E-state index in [1.807, 2.05) is 0 Å². The van der Waals surface area contributed by atoms with Crippen LogP contribution in [0.3, 0.4) is 0 Å². The van der Waals surface area contributed by atoms with Gasteiger partial charge in [-0.25, -0.2) is 4.79 Å². The van der Waals surface area contributed by atoms with Crippen LogP contribution in [-0.4, -0.2) is 25.2 Å². The van der Waals surface area contributed by atoms with Crippen molar-refractivity contribution in [2.75, 3.05) is 13.1 Å². The Balaban J connectivity index is 2.24. The molecule has 1 fully saturated rings. The molecule has 0 spiro atoms. The van der Waals surface area contributed by atoms with E-state index in [9.17, 15) is 4.79 Å². The van der Waals surface area contributed by atoms with Crippen molar-refractivity contribution in [2.24, 2.45) is 0 Å². The molecule has 3 nitrogen and oxygen atoms in total. The molecule has 1 heterocycles. The first-order chi connectivity index (χ1) is 5.33. The van der Waals surface area contributed by atoms with E-state index in [-0.39, 0.29) is 12.1 Å². The smallest absolute Gasteiger partial charge is 0.330 e. The van der Waals surface area contributed by atoms with Gasteiger partial charge >= 0.3 is 5.97 Å². The van der Waals surface area contributed by atoms with Gasteiger partial charge in [0.25, 0.3) is 0 Å². The van der Waals surface area contributed by atoms with Crippen LogP contribution < -0.4 is 5.32 Å². The molecule has 0 aromatic rings. The number of rotatable bonds is 2. The van der Waals surface area contributed by atoms with Crippen LogP contribution in [0.1, 0.15) is 12.8 Å². The molecule has 0 atom stereocenters. The molecular formula is C8H13NO2. The third-order valence-electron chi connectivity index (χ3n) is 1.74. The average molecular weight is 155 g/mol. The largest absolute Gasteiger partial charge is 0.459 e. The standard InChI is InChI=1S/C8H13NO2/c1-2-8(10)11-7-3-5-9-6-4-7/h2,7,9H,1,3-6H2. The Hall–Kier alpha value is -0.830. The normalized spacial score (nSPS) is 19.3. The topological polar surface area (TPSA) is 38.3 Å². The molecule has 3 heteroatoms. The van der Waals surface area contributed by atoms with Gasteiger partial charge < -0.3 is 10.1 Å². The van der Waals surface area contributed by atoms with Gasteiger partial charge in [0.15, 0.2) is 0 Å². The van der Waals surface area contributed by atoms with E-state index >= 15 is 0 Å². The van der Waals surface area contributed by atoms with Gasteiger partial charge in [0, 0.05) is 6.08 Å². The fourth-order valence-electron chi connectivity index (χ4n) is 1.13. The quantitative estimate of drug-likeness (QED) is 0.465. The molecule has 1 N–H and O–H groups in total. The Morgan fingerprint density at radius 3 is 2.73 bits per heavy atom. The zero-order valence-electron chi connectivity index (χ0n) is 6.51. The van der Waals surface area contributed by atoms with Crippen LogP contribution in [0, 0.1) is 0 Å². The summed E-state index contributed by atoms with van der Waals surface area (Å²) in [5, 5.41) is 3.19. The van der Waals surface area contributed by atoms with Crippen LogP contribution in [0.4, 0.5) is 0 Å². The average Bonchev–Trinajstić information content (AvgIpc) is 2.06. The summed E-state index contributed by atoms with van der Waals surface area (Å²) in [5.74, 6) is -0.308. The van der Waals surface area contributed by atoms with Crippen molar-refractivity contribution in [1.29, 1.82) is 0 Å². The van der Waals surface area contributed by atoms with Crippen LogP contribution in [0.2, 0.25) is 0 Å². The maximum absolute atomic E-state index is 10.7. The van der Waals surface area contributed by atoms with Gasteiger partial charge in [0.2, 0.25) is 0 Å². The molecule has 0 aliphatic carbocycles. The first-order valence-electron chi connectivity index (χ1n) is 3.86. The molecule has 11 heavy (non-hydrogen) atoms. The van der Waals surface area contributed by atoms with E-state index in [2.05, 4.69) is 11.9 Å². The number of carbonyl (C=O) groups is 1. The summed E-state index contributed by atoms with van der Waals surface area (Å²) in [7, 11) is 0. The number of carbonyl (C=O) groups excluding carboxylic acids is 1. The van der Waals surface area contributed by atoms with Crippen LogP contribution in [0.25, 0.3) is 0 Å². The van der Waals surface area contributed by atoms with Gasteiger partial charge in [-0.05, 0) is 25.9 Å². The van der Waals surface area contributed by atoms with Crippen molar-refractivity contribution in [1.82, 2.24) is 5.32 Å². The number of nitrogens with one attached hydrogen (secondary N) is 1. The van der Waals surface area contributed by atoms with Crippen LogP contribution >= 0.6 is 0 Å². The van der Waals surface area contributed by atoms with E-state index in [1.54, 1.807) is 0 Å². The monoisotopic (exact) mass is 155 g/mol. The Labute approximate surface area is 66.4 Å². The molecule has 0 aromatic carbocycles. The van der Waals surface area contributed by atoms with Crippen molar-refractivity contribution in [3.63, 3.8) is 0 Å². The predicted molar refractivity (Wildman–Crippen MR) is 42.2 cm³/mol. The Bertz CT molecular complexity index is 150. The van der Waals surface area contributed by atoms with Crippen LogP contribution in [-0.2, 0) is 9.53 Å². The zero-order chi connectivity index (χ0) is 8.10. The van der Waals surface area contributed by atoms with Crippen molar-refractivity contribution in [3.05, 3.63) is 12.7 Å². The van der Waals surface area contributed by atoms with Gasteiger partial charge in [-0.1, -0.05) is 6.58 Å². The highest BCUT2D eigenvalue weighted by atomic mass is 16.5. The Morgan fingerprint density at radius 2 is 2.18 bits per heavy atom. The number of esters is 1. The molecule has 1 aliphatic heterocycles. The fourth-order valence-corrected chi connectivity index (χ4v) is 1.13. The fraction of sp³-hybridized carbons (Fsp3) is 0.625. The molecule has 1 rings (SSSR count).